The summed E-state index contributed by atoms with van der Waals surface area (Å²) in [5, 5.41) is 19.0. The third-order valence-electron chi connectivity index (χ3n) is 6.72. The van der Waals surface area contributed by atoms with Crippen LogP contribution in [0.5, 0.6) is 0 Å². The summed E-state index contributed by atoms with van der Waals surface area (Å²) in [5.41, 5.74) is 3.68. The molecule has 4 atom stereocenters. The molecule has 0 bridgehead atoms. The Morgan fingerprint density at radius 2 is 2.12 bits per heavy atom. The first-order chi connectivity index (χ1) is 12.1. The Balaban J connectivity index is 1.46. The third kappa shape index (κ3) is 2.95. The van der Waals surface area contributed by atoms with Gasteiger partial charge in [-0.3, -0.25) is 0 Å². The van der Waals surface area contributed by atoms with Crippen LogP contribution in [0.2, 0.25) is 0 Å². The minimum absolute atomic E-state index is 0.0889. The van der Waals surface area contributed by atoms with Gasteiger partial charge in [-0.05, 0) is 43.6 Å². The van der Waals surface area contributed by atoms with E-state index < -0.39 is 5.60 Å². The van der Waals surface area contributed by atoms with Gasteiger partial charge >= 0.3 is 0 Å². The van der Waals surface area contributed by atoms with E-state index in [9.17, 15) is 5.11 Å². The SMILES string of the molecule is C[C@]12CC[C@H](c3ccccc3)C[C@@]1(O)CC[C@@H]2/C=N\NC1=NCCN1. The van der Waals surface area contributed by atoms with Crippen LogP contribution >= 0.6 is 0 Å². The molecule has 2 fully saturated rings. The van der Waals surface area contributed by atoms with Crippen molar-refractivity contribution in [2.24, 2.45) is 21.4 Å². The summed E-state index contributed by atoms with van der Waals surface area (Å²) < 4.78 is 0. The lowest BCUT2D eigenvalue weighted by Crippen LogP contribution is -2.49. The van der Waals surface area contributed by atoms with E-state index in [4.69, 9.17) is 0 Å². The fraction of sp³-hybridized carbons (Fsp3) is 0.600. The summed E-state index contributed by atoms with van der Waals surface area (Å²) in [6, 6.07) is 10.7. The van der Waals surface area contributed by atoms with Gasteiger partial charge in [-0.1, -0.05) is 37.3 Å². The first-order valence-corrected chi connectivity index (χ1v) is 9.46. The van der Waals surface area contributed by atoms with Crippen molar-refractivity contribution in [2.45, 2.75) is 50.5 Å². The lowest BCUT2D eigenvalue weighted by molar-refractivity contribution is -0.0957. The van der Waals surface area contributed by atoms with Gasteiger partial charge in [0.1, 0.15) is 0 Å². The van der Waals surface area contributed by atoms with Gasteiger partial charge < -0.3 is 10.4 Å². The summed E-state index contributed by atoms with van der Waals surface area (Å²) >= 11 is 0. The number of guanidine groups is 1. The monoisotopic (exact) mass is 340 g/mol. The highest BCUT2D eigenvalue weighted by molar-refractivity contribution is 5.81. The zero-order chi connectivity index (χ0) is 17.3. The number of aliphatic imine (C=N–C) groups is 1. The quantitative estimate of drug-likeness (QED) is 0.585. The van der Waals surface area contributed by atoms with E-state index in [1.807, 2.05) is 6.21 Å². The van der Waals surface area contributed by atoms with Gasteiger partial charge in [0.15, 0.2) is 0 Å². The Morgan fingerprint density at radius 1 is 1.28 bits per heavy atom. The van der Waals surface area contributed by atoms with E-state index in [1.54, 1.807) is 0 Å². The molecule has 1 heterocycles. The van der Waals surface area contributed by atoms with Crippen LogP contribution in [0.25, 0.3) is 0 Å². The van der Waals surface area contributed by atoms with Crippen LogP contribution in [0.3, 0.4) is 0 Å². The number of nitrogens with one attached hydrogen (secondary N) is 2. The van der Waals surface area contributed by atoms with Crippen molar-refractivity contribution >= 4 is 12.2 Å². The van der Waals surface area contributed by atoms with E-state index in [2.05, 4.69) is 58.1 Å². The fourth-order valence-electron chi connectivity index (χ4n) is 4.99. The van der Waals surface area contributed by atoms with Crippen molar-refractivity contribution in [1.82, 2.24) is 10.7 Å². The molecule has 0 saturated heterocycles. The number of aliphatic hydroxyl groups is 1. The molecule has 0 unspecified atom stereocenters. The molecule has 0 amide bonds. The number of hydrogen-bond donors (Lipinski definition) is 3. The van der Waals surface area contributed by atoms with Crippen LogP contribution in [0.15, 0.2) is 40.4 Å². The molecule has 0 radical (unpaired) electrons. The smallest absolute Gasteiger partial charge is 0.212 e. The molecule has 3 aliphatic rings. The predicted octanol–water partition coefficient (Wildman–Crippen LogP) is 2.64. The van der Waals surface area contributed by atoms with E-state index >= 15 is 0 Å². The van der Waals surface area contributed by atoms with Crippen molar-refractivity contribution in [1.29, 1.82) is 0 Å². The number of hydrogen-bond acceptors (Lipinski definition) is 5. The lowest BCUT2D eigenvalue weighted by Gasteiger charge is -2.49. The van der Waals surface area contributed by atoms with Crippen LogP contribution in [-0.2, 0) is 0 Å². The van der Waals surface area contributed by atoms with Crippen LogP contribution in [0.1, 0.15) is 50.5 Å². The minimum Gasteiger partial charge on any atom is -0.389 e. The fourth-order valence-corrected chi connectivity index (χ4v) is 4.99. The highest BCUT2D eigenvalue weighted by atomic mass is 16.3. The molecule has 2 saturated carbocycles. The van der Waals surface area contributed by atoms with E-state index in [-0.39, 0.29) is 5.41 Å². The van der Waals surface area contributed by atoms with Crippen molar-refractivity contribution in [2.75, 3.05) is 13.1 Å². The highest BCUT2D eigenvalue weighted by Gasteiger charge is 2.58. The second-order valence-corrected chi connectivity index (χ2v) is 7.99. The molecule has 2 aliphatic carbocycles. The number of benzene rings is 1. The maximum Gasteiger partial charge on any atom is 0.212 e. The normalized spacial score (nSPS) is 37.6. The Bertz CT molecular complexity index is 674. The third-order valence-corrected chi connectivity index (χ3v) is 6.72. The van der Waals surface area contributed by atoms with E-state index in [1.165, 1.54) is 5.56 Å². The second kappa shape index (κ2) is 6.45. The van der Waals surface area contributed by atoms with E-state index in [0.717, 1.165) is 51.2 Å². The Kier molecular flexibility index (Phi) is 4.28. The zero-order valence-electron chi connectivity index (χ0n) is 14.9. The van der Waals surface area contributed by atoms with Crippen LogP contribution < -0.4 is 10.7 Å². The first kappa shape index (κ1) is 16.6. The summed E-state index contributed by atoms with van der Waals surface area (Å²) in [6.07, 6.45) is 6.90. The lowest BCUT2D eigenvalue weighted by atomic mass is 9.59. The average Bonchev–Trinajstić information content (AvgIpc) is 3.23. The Morgan fingerprint density at radius 3 is 2.88 bits per heavy atom. The molecule has 0 spiro atoms. The second-order valence-electron chi connectivity index (χ2n) is 7.99. The standard InChI is InChI=1S/C20H28N4O/c1-19-9-7-16(15-5-3-2-4-6-15)13-20(19,25)10-8-17(19)14-23-24-18-21-11-12-22-18/h2-6,14,16-17,25H,7-13H2,1H3,(H2,21,22,24)/b23-14-/t16-,17+,19+,20-/m0/s1. The largest absolute Gasteiger partial charge is 0.389 e. The van der Waals surface area contributed by atoms with Gasteiger partial charge in [-0.15, -0.1) is 0 Å². The zero-order valence-corrected chi connectivity index (χ0v) is 14.9. The minimum atomic E-state index is -0.592. The molecule has 1 aliphatic heterocycles. The van der Waals surface area contributed by atoms with Gasteiger partial charge in [-0.25, -0.2) is 10.4 Å². The van der Waals surface area contributed by atoms with Crippen molar-refractivity contribution in [3.63, 3.8) is 0 Å². The van der Waals surface area contributed by atoms with Gasteiger partial charge in [0.25, 0.3) is 0 Å². The maximum atomic E-state index is 11.5. The van der Waals surface area contributed by atoms with Gasteiger partial charge in [0, 0.05) is 24.1 Å². The number of fused-ring (bicyclic) bond motifs is 1. The highest BCUT2D eigenvalue weighted by Crippen LogP contribution is 2.60. The van der Waals surface area contributed by atoms with E-state index in [0.29, 0.717) is 11.8 Å². The molecular formula is C20H28N4O. The number of hydrazone groups is 1. The van der Waals surface area contributed by atoms with Gasteiger partial charge in [-0.2, -0.15) is 5.10 Å². The molecule has 3 N–H and O–H groups in total. The van der Waals surface area contributed by atoms with Crippen LogP contribution in [0, 0.1) is 11.3 Å². The predicted molar refractivity (Wildman–Crippen MR) is 101 cm³/mol. The summed E-state index contributed by atoms with van der Waals surface area (Å²) in [7, 11) is 0. The molecule has 5 heteroatoms. The topological polar surface area (TPSA) is 69.0 Å². The molecule has 25 heavy (non-hydrogen) atoms. The summed E-state index contributed by atoms with van der Waals surface area (Å²) in [5.74, 6) is 1.52. The molecular weight excluding hydrogens is 312 g/mol. The first-order valence-electron chi connectivity index (χ1n) is 9.46. The van der Waals surface area contributed by atoms with Crippen LogP contribution in [-0.4, -0.2) is 36.0 Å². The van der Waals surface area contributed by atoms with Crippen molar-refractivity contribution in [3.8, 4) is 0 Å². The average molecular weight is 340 g/mol. The van der Waals surface area contributed by atoms with Gasteiger partial charge in [0.05, 0.1) is 12.1 Å². The summed E-state index contributed by atoms with van der Waals surface area (Å²) in [6.45, 7) is 3.93. The molecule has 0 aromatic heterocycles. The van der Waals surface area contributed by atoms with Crippen molar-refractivity contribution in [3.05, 3.63) is 35.9 Å². The molecule has 4 rings (SSSR count). The molecule has 1 aromatic carbocycles. The molecule has 1 aromatic rings. The number of rotatable bonds is 3. The number of nitrogens with zero attached hydrogens (tertiary/aromatic N) is 2. The Labute approximate surface area is 149 Å². The van der Waals surface area contributed by atoms with Crippen LogP contribution in [0.4, 0.5) is 0 Å². The molecule has 134 valence electrons. The maximum absolute atomic E-state index is 11.5. The summed E-state index contributed by atoms with van der Waals surface area (Å²) in [4.78, 5) is 4.29. The van der Waals surface area contributed by atoms with Gasteiger partial charge in [0.2, 0.25) is 5.96 Å². The molecule has 5 nitrogen and oxygen atoms in total. The Hall–Kier alpha value is -1.88. The van der Waals surface area contributed by atoms with Crippen molar-refractivity contribution < 1.29 is 5.11 Å².